The minimum absolute atomic E-state index is 0. The molecule has 3 aliphatic rings. The third kappa shape index (κ3) is 5.07. The van der Waals surface area contributed by atoms with Gasteiger partial charge in [0.2, 0.25) is 0 Å². The summed E-state index contributed by atoms with van der Waals surface area (Å²) in [6, 6.07) is 32.1. The van der Waals surface area contributed by atoms with Gasteiger partial charge in [0, 0.05) is 62.4 Å². The average Bonchev–Trinajstić information content (AvgIpc) is 3.68. The van der Waals surface area contributed by atoms with Gasteiger partial charge in [-0.1, -0.05) is 31.1 Å². The number of pyridine rings is 1. The largest absolute Gasteiger partial charge is 0.379 e. The predicted octanol–water partition coefficient (Wildman–Crippen LogP) is 8.37. The van der Waals surface area contributed by atoms with Crippen LogP contribution in [0.5, 0.6) is 0 Å². The molecular weight excluding hydrogens is 681 g/mol. The molecule has 0 saturated heterocycles. The third-order valence-corrected chi connectivity index (χ3v) is 8.56. The topological polar surface area (TPSA) is 34.0 Å². The van der Waals surface area contributed by atoms with Crippen LogP contribution < -0.4 is 4.90 Å². The molecule has 2 aromatic heterocycles. The monoisotopic (exact) mass is 715 g/mol. The maximum absolute atomic E-state index is 4.91. The molecule has 0 amide bonds. The number of anilines is 1. The van der Waals surface area contributed by atoms with Crippen LogP contribution in [0.4, 0.5) is 5.69 Å². The molecule has 3 aromatic carbocycles. The number of hydrogen-bond acceptors (Lipinski definition) is 3. The molecule has 4 heterocycles. The number of rotatable bonds is 3. The van der Waals surface area contributed by atoms with Crippen molar-refractivity contribution >= 4 is 22.3 Å². The van der Waals surface area contributed by atoms with E-state index in [4.69, 9.17) is 4.98 Å². The quantitative estimate of drug-likeness (QED) is 0.176. The van der Waals surface area contributed by atoms with Crippen LogP contribution in [0.25, 0.3) is 39.3 Å². The molecule has 209 valence electrons. The Hall–Kier alpha value is -3.53. The summed E-state index contributed by atoms with van der Waals surface area (Å²) >= 11 is 0. The molecule has 0 unspecified atom stereocenters. The second kappa shape index (κ2) is 11.8. The molecule has 5 heteroatoms. The van der Waals surface area contributed by atoms with Gasteiger partial charge in [-0.3, -0.25) is 4.98 Å². The van der Waals surface area contributed by atoms with Crippen molar-refractivity contribution in [1.82, 2.24) is 14.5 Å². The molecule has 2 aliphatic heterocycles. The molecule has 0 N–H and O–H groups in total. The normalized spacial score (nSPS) is 15.5. The van der Waals surface area contributed by atoms with Crippen LogP contribution in [0.15, 0.2) is 85.1 Å². The van der Waals surface area contributed by atoms with Crippen molar-refractivity contribution in [3.05, 3.63) is 108 Å². The van der Waals surface area contributed by atoms with Crippen LogP contribution >= 0.6 is 0 Å². The van der Waals surface area contributed by atoms with Gasteiger partial charge in [-0.2, -0.15) is 0 Å². The van der Waals surface area contributed by atoms with Crippen LogP contribution in [0.2, 0.25) is 0 Å². The fourth-order valence-electron chi connectivity index (χ4n) is 6.63. The molecule has 1 fully saturated rings. The number of allylic oxidation sites excluding steroid dienone is 2. The summed E-state index contributed by atoms with van der Waals surface area (Å²) in [5.41, 5.74) is 11.2. The minimum Gasteiger partial charge on any atom is -0.379 e. The molecule has 5 aromatic rings. The van der Waals surface area contributed by atoms with Gasteiger partial charge >= 0.3 is 0 Å². The molecule has 1 radical (unpaired) electrons. The van der Waals surface area contributed by atoms with E-state index in [9.17, 15) is 0 Å². The van der Waals surface area contributed by atoms with Gasteiger partial charge in [0.15, 0.2) is 0 Å². The van der Waals surface area contributed by atoms with E-state index in [1.807, 2.05) is 36.5 Å². The Bertz CT molecular complexity index is 1700. The Morgan fingerprint density at radius 3 is 2.56 bits per heavy atom. The van der Waals surface area contributed by atoms with Crippen molar-refractivity contribution in [1.29, 1.82) is 0 Å². The second-order valence-electron chi connectivity index (χ2n) is 11.3. The number of benzene rings is 3. The molecule has 0 spiro atoms. The number of fused-ring (bicyclic) bond motifs is 3. The Labute approximate surface area is 256 Å². The number of imidazole rings is 1. The van der Waals surface area contributed by atoms with Crippen LogP contribution in [-0.2, 0) is 33.2 Å². The first-order valence-electron chi connectivity index (χ1n) is 14.6. The smallest absolute Gasteiger partial charge is 0.0777 e. The maximum atomic E-state index is 4.91. The molecular formula is C36H34IrN4-2. The van der Waals surface area contributed by atoms with E-state index in [1.165, 1.54) is 48.0 Å². The summed E-state index contributed by atoms with van der Waals surface area (Å²) in [4.78, 5) is 11.8. The number of hydrogen-bond donors (Lipinski definition) is 0. The van der Waals surface area contributed by atoms with Crippen LogP contribution in [0.1, 0.15) is 50.7 Å². The zero-order valence-electron chi connectivity index (χ0n) is 23.6. The summed E-state index contributed by atoms with van der Waals surface area (Å²) in [6.45, 7) is 6.31. The Balaban J connectivity index is 0.000000151. The van der Waals surface area contributed by atoms with Crippen molar-refractivity contribution in [2.24, 2.45) is 5.92 Å². The SMILES string of the molecule is CC(C)N1Cc2ccc[c-]c2-c2ncccc21.[Ir].[c-]1ccccc1-c1nc2cccc3c2n1CC=C3C1CCCC1. The first kappa shape index (κ1) is 27.6. The van der Waals surface area contributed by atoms with Gasteiger partial charge in [-0.25, -0.2) is 0 Å². The van der Waals surface area contributed by atoms with Crippen molar-refractivity contribution in [3.63, 3.8) is 0 Å². The van der Waals surface area contributed by atoms with Gasteiger partial charge in [-0.15, -0.1) is 71.3 Å². The van der Waals surface area contributed by atoms with Crippen LogP contribution in [0, 0.1) is 18.1 Å². The van der Waals surface area contributed by atoms with E-state index in [2.05, 4.69) is 89.0 Å². The summed E-state index contributed by atoms with van der Waals surface area (Å²) in [6.07, 6.45) is 9.73. The Morgan fingerprint density at radius 1 is 0.902 bits per heavy atom. The summed E-state index contributed by atoms with van der Waals surface area (Å²) in [5.74, 6) is 1.78. The fourth-order valence-corrected chi connectivity index (χ4v) is 6.63. The van der Waals surface area contributed by atoms with Gasteiger partial charge in [0.25, 0.3) is 0 Å². The first-order chi connectivity index (χ1) is 19.7. The minimum atomic E-state index is 0. The molecule has 0 bridgehead atoms. The molecule has 1 saturated carbocycles. The number of nitrogens with zero attached hydrogens (tertiary/aromatic N) is 4. The number of aromatic nitrogens is 3. The summed E-state index contributed by atoms with van der Waals surface area (Å²) in [5, 5.41) is 0. The molecule has 8 rings (SSSR count). The Kier molecular flexibility index (Phi) is 7.92. The summed E-state index contributed by atoms with van der Waals surface area (Å²) in [7, 11) is 0. The van der Waals surface area contributed by atoms with Gasteiger partial charge in [0.1, 0.15) is 0 Å². The van der Waals surface area contributed by atoms with E-state index in [0.29, 0.717) is 6.04 Å². The van der Waals surface area contributed by atoms with Crippen molar-refractivity contribution in [2.45, 2.75) is 58.7 Å². The molecule has 41 heavy (non-hydrogen) atoms. The van der Waals surface area contributed by atoms with Crippen molar-refractivity contribution in [2.75, 3.05) is 4.90 Å². The zero-order chi connectivity index (χ0) is 27.1. The van der Waals surface area contributed by atoms with E-state index in [1.54, 1.807) is 5.57 Å². The van der Waals surface area contributed by atoms with E-state index >= 15 is 0 Å². The van der Waals surface area contributed by atoms with E-state index in [-0.39, 0.29) is 20.1 Å². The fraction of sp³-hybridized carbons (Fsp3) is 0.278. The van der Waals surface area contributed by atoms with Gasteiger partial charge in [0.05, 0.1) is 16.9 Å². The Morgan fingerprint density at radius 2 is 1.76 bits per heavy atom. The van der Waals surface area contributed by atoms with E-state index in [0.717, 1.165) is 47.2 Å². The number of para-hydroxylation sites is 1. The third-order valence-electron chi connectivity index (χ3n) is 8.56. The molecule has 1 aliphatic carbocycles. The summed E-state index contributed by atoms with van der Waals surface area (Å²) < 4.78 is 2.36. The maximum Gasteiger partial charge on any atom is 0.0777 e. The average molecular weight is 715 g/mol. The second-order valence-corrected chi connectivity index (χ2v) is 11.3. The predicted molar refractivity (Wildman–Crippen MR) is 164 cm³/mol. The first-order valence-corrected chi connectivity index (χ1v) is 14.6. The van der Waals surface area contributed by atoms with E-state index < -0.39 is 0 Å². The van der Waals surface area contributed by atoms with Gasteiger partial charge in [-0.05, 0) is 56.4 Å². The molecule has 0 atom stereocenters. The van der Waals surface area contributed by atoms with Crippen LogP contribution in [-0.4, -0.2) is 20.6 Å². The van der Waals surface area contributed by atoms with Gasteiger partial charge < -0.3 is 14.5 Å². The van der Waals surface area contributed by atoms with Crippen molar-refractivity contribution in [3.8, 4) is 22.6 Å². The standard InChI is InChI=1S/C21H19N2.C15H15N2.Ir/c1-2-9-16(10-3-1)21-22-19-12-6-11-18-17(15-7-4-5-8-15)13-14-23(21)20(18)19;1-11(2)17-10-12-6-3-4-7-13(12)15-14(17)8-5-9-16-15;/h1-3,6,9,11-13,15H,4-5,7-8,14H2;3-6,8-9,11H,10H2,1-2H3;/q2*-1;. The molecule has 4 nitrogen and oxygen atoms in total. The van der Waals surface area contributed by atoms with Crippen molar-refractivity contribution < 1.29 is 20.1 Å². The van der Waals surface area contributed by atoms with Crippen LogP contribution in [0.3, 0.4) is 0 Å². The zero-order valence-corrected chi connectivity index (χ0v) is 26.0.